The van der Waals surface area contributed by atoms with Crippen molar-refractivity contribution in [2.24, 2.45) is 5.73 Å². The molecular weight excluding hydrogens is 408 g/mol. The molecule has 12 heteroatoms. The van der Waals surface area contributed by atoms with Gasteiger partial charge in [0.25, 0.3) is 11.4 Å². The van der Waals surface area contributed by atoms with Gasteiger partial charge >= 0.3 is 0 Å². The maximum atomic E-state index is 14.2. The molecule has 1 aromatic heterocycles. The molecule has 156 valence electrons. The van der Waals surface area contributed by atoms with E-state index in [0.717, 1.165) is 6.07 Å². The van der Waals surface area contributed by atoms with Gasteiger partial charge in [0.05, 0.1) is 25.3 Å². The number of ether oxygens (including phenoxy) is 1. The van der Waals surface area contributed by atoms with E-state index in [1.54, 1.807) is 0 Å². The van der Waals surface area contributed by atoms with E-state index in [1.165, 1.54) is 38.6 Å². The summed E-state index contributed by atoms with van der Waals surface area (Å²) in [5, 5.41) is 9.44. The Morgan fingerprint density at radius 3 is 2.59 bits per heavy atom. The number of methoxy groups -OCH3 is 1. The molecule has 0 spiro atoms. The Labute approximate surface area is 165 Å². The predicted octanol–water partition coefficient (Wildman–Crippen LogP) is 1.63. The topological polar surface area (TPSA) is 148 Å². The number of carbonyl (C=O) groups excluding carboxylic acids is 1. The van der Waals surface area contributed by atoms with Crippen LogP contribution in [0.3, 0.4) is 0 Å². The van der Waals surface area contributed by atoms with Crippen molar-refractivity contribution in [2.75, 3.05) is 18.2 Å². The number of amides is 1. The summed E-state index contributed by atoms with van der Waals surface area (Å²) in [6.07, 6.45) is 2.44. The number of nitrogens with one attached hydrogen (secondary N) is 2. The van der Waals surface area contributed by atoms with E-state index < -0.39 is 44.6 Å². The SMILES string of the molecule is COc1cnc(C(=O)Nc2ccc(F)c([C@H](C)CS(=O)(=O)[C@H](F)C(=N)N)c2)cn1. The average molecular weight is 427 g/mol. The zero-order chi connectivity index (χ0) is 21.8. The van der Waals surface area contributed by atoms with Gasteiger partial charge in [-0.1, -0.05) is 6.92 Å². The van der Waals surface area contributed by atoms with Crippen molar-refractivity contribution in [1.82, 2.24) is 9.97 Å². The fraction of sp³-hybridized carbons (Fsp3) is 0.294. The Bertz CT molecular complexity index is 1010. The van der Waals surface area contributed by atoms with E-state index in [-0.39, 0.29) is 22.8 Å². The lowest BCUT2D eigenvalue weighted by atomic mass is 10.0. The number of sulfone groups is 1. The van der Waals surface area contributed by atoms with Gasteiger partial charge in [-0.05, 0) is 29.7 Å². The maximum Gasteiger partial charge on any atom is 0.275 e. The fourth-order valence-corrected chi connectivity index (χ4v) is 3.88. The van der Waals surface area contributed by atoms with Crippen LogP contribution in [0.15, 0.2) is 30.6 Å². The van der Waals surface area contributed by atoms with E-state index in [9.17, 15) is 22.0 Å². The first-order valence-electron chi connectivity index (χ1n) is 8.21. The number of rotatable bonds is 8. The number of nitrogens with two attached hydrogens (primary N) is 1. The van der Waals surface area contributed by atoms with Crippen LogP contribution in [-0.4, -0.2) is 48.5 Å². The zero-order valence-corrected chi connectivity index (χ0v) is 16.3. The lowest BCUT2D eigenvalue weighted by molar-refractivity contribution is 0.102. The molecule has 0 saturated carbocycles. The van der Waals surface area contributed by atoms with Crippen LogP contribution < -0.4 is 15.8 Å². The van der Waals surface area contributed by atoms with Crippen molar-refractivity contribution in [3.8, 4) is 5.88 Å². The number of amidine groups is 1. The van der Waals surface area contributed by atoms with E-state index in [1.807, 2.05) is 0 Å². The summed E-state index contributed by atoms with van der Waals surface area (Å²) in [6.45, 7) is 1.38. The minimum absolute atomic E-state index is 0.0194. The van der Waals surface area contributed by atoms with Gasteiger partial charge in [0.2, 0.25) is 5.88 Å². The minimum Gasteiger partial charge on any atom is -0.480 e. The number of hydrogen-bond acceptors (Lipinski definition) is 7. The van der Waals surface area contributed by atoms with Crippen LogP contribution in [0.4, 0.5) is 14.5 Å². The second kappa shape index (κ2) is 8.90. The standard InChI is InChI=1S/C17H19F2N5O4S/c1-9(8-29(26,27)15(19)16(20)21)11-5-10(3-4-12(11)18)24-17(25)13-6-23-14(28-2)7-22-13/h3-7,9,15H,8H2,1-2H3,(H3,20,21)(H,24,25)/t9-,15+/m1/s1. The maximum absolute atomic E-state index is 14.2. The number of carbonyl (C=O) groups is 1. The normalized spacial score (nSPS) is 13.4. The van der Waals surface area contributed by atoms with Crippen molar-refractivity contribution in [1.29, 1.82) is 5.41 Å². The highest BCUT2D eigenvalue weighted by Gasteiger charge is 2.31. The van der Waals surface area contributed by atoms with Crippen LogP contribution in [0.1, 0.15) is 28.9 Å². The summed E-state index contributed by atoms with van der Waals surface area (Å²) in [7, 11) is -3.01. The number of hydrogen-bond donors (Lipinski definition) is 3. The van der Waals surface area contributed by atoms with Crippen molar-refractivity contribution < 1.29 is 26.7 Å². The summed E-state index contributed by atoms with van der Waals surface area (Å²) in [4.78, 5) is 20.0. The van der Waals surface area contributed by atoms with E-state index in [2.05, 4.69) is 15.3 Å². The fourth-order valence-electron chi connectivity index (χ4n) is 2.45. The Balaban J connectivity index is 2.20. The number of benzene rings is 1. The van der Waals surface area contributed by atoms with Crippen LogP contribution in [0.25, 0.3) is 0 Å². The lowest BCUT2D eigenvalue weighted by Gasteiger charge is -2.16. The molecule has 0 aliphatic heterocycles. The van der Waals surface area contributed by atoms with Gasteiger partial charge in [-0.2, -0.15) is 0 Å². The molecule has 29 heavy (non-hydrogen) atoms. The molecule has 0 unspecified atom stereocenters. The number of nitrogens with zero attached hydrogens (tertiary/aromatic N) is 2. The van der Waals surface area contributed by atoms with Gasteiger partial charge in [0.15, 0.2) is 9.84 Å². The van der Waals surface area contributed by atoms with Crippen LogP contribution in [0, 0.1) is 11.2 Å². The summed E-state index contributed by atoms with van der Waals surface area (Å²) in [5.74, 6) is -4.01. The number of halogens is 2. The van der Waals surface area contributed by atoms with Crippen molar-refractivity contribution in [3.05, 3.63) is 47.7 Å². The number of anilines is 1. The zero-order valence-electron chi connectivity index (χ0n) is 15.5. The first-order chi connectivity index (χ1) is 13.5. The average Bonchev–Trinajstić information content (AvgIpc) is 2.68. The molecule has 1 amide bonds. The molecular formula is C17H19F2N5O4S. The van der Waals surface area contributed by atoms with Gasteiger partial charge in [0.1, 0.15) is 17.3 Å². The smallest absolute Gasteiger partial charge is 0.275 e. The largest absolute Gasteiger partial charge is 0.480 e. The molecule has 2 aromatic rings. The third-order valence-corrected chi connectivity index (χ3v) is 5.75. The Kier molecular flexibility index (Phi) is 6.80. The van der Waals surface area contributed by atoms with Gasteiger partial charge in [-0.15, -0.1) is 0 Å². The molecule has 0 radical (unpaired) electrons. The van der Waals surface area contributed by atoms with Crippen LogP contribution >= 0.6 is 0 Å². The summed E-state index contributed by atoms with van der Waals surface area (Å²) in [6, 6.07) is 3.57. The van der Waals surface area contributed by atoms with Crippen LogP contribution in [0.5, 0.6) is 5.88 Å². The second-order valence-corrected chi connectivity index (χ2v) is 8.21. The van der Waals surface area contributed by atoms with Gasteiger partial charge in [-0.25, -0.2) is 27.2 Å². The Morgan fingerprint density at radius 2 is 2.03 bits per heavy atom. The Hall–Kier alpha value is -3.15. The molecule has 1 aromatic carbocycles. The summed E-state index contributed by atoms with van der Waals surface area (Å²) >= 11 is 0. The summed E-state index contributed by atoms with van der Waals surface area (Å²) < 4.78 is 56.6. The van der Waals surface area contributed by atoms with E-state index >= 15 is 0 Å². The van der Waals surface area contributed by atoms with Crippen molar-refractivity contribution in [2.45, 2.75) is 18.3 Å². The van der Waals surface area contributed by atoms with Gasteiger partial charge in [-0.3, -0.25) is 10.2 Å². The van der Waals surface area contributed by atoms with Gasteiger partial charge in [0, 0.05) is 5.69 Å². The van der Waals surface area contributed by atoms with Crippen LogP contribution in [-0.2, 0) is 9.84 Å². The number of aromatic nitrogens is 2. The first kappa shape index (κ1) is 22.1. The monoisotopic (exact) mass is 427 g/mol. The second-order valence-electron chi connectivity index (χ2n) is 6.14. The molecule has 0 saturated heterocycles. The number of alkyl halides is 1. The third-order valence-electron chi connectivity index (χ3n) is 3.90. The molecule has 0 bridgehead atoms. The molecule has 0 fully saturated rings. The molecule has 2 atom stereocenters. The van der Waals surface area contributed by atoms with E-state index in [0.29, 0.717) is 0 Å². The molecule has 0 aliphatic rings. The summed E-state index contributed by atoms with van der Waals surface area (Å²) in [5.41, 5.74) is 2.35. The van der Waals surface area contributed by atoms with Crippen LogP contribution in [0.2, 0.25) is 0 Å². The molecule has 0 aliphatic carbocycles. The lowest BCUT2D eigenvalue weighted by Crippen LogP contribution is -2.34. The molecule has 4 N–H and O–H groups in total. The van der Waals surface area contributed by atoms with E-state index in [4.69, 9.17) is 15.9 Å². The highest BCUT2D eigenvalue weighted by atomic mass is 32.2. The first-order valence-corrected chi connectivity index (χ1v) is 9.93. The van der Waals surface area contributed by atoms with Crippen molar-refractivity contribution >= 4 is 27.3 Å². The highest BCUT2D eigenvalue weighted by Crippen LogP contribution is 2.26. The molecule has 9 nitrogen and oxygen atoms in total. The molecule has 1 heterocycles. The van der Waals surface area contributed by atoms with Crippen molar-refractivity contribution in [3.63, 3.8) is 0 Å². The quantitative estimate of drug-likeness (QED) is 0.428. The highest BCUT2D eigenvalue weighted by molar-refractivity contribution is 7.92. The van der Waals surface area contributed by atoms with Gasteiger partial charge < -0.3 is 15.8 Å². The molecule has 2 rings (SSSR count). The predicted molar refractivity (Wildman–Crippen MR) is 102 cm³/mol. The minimum atomic E-state index is -4.41. The Morgan fingerprint density at radius 1 is 1.34 bits per heavy atom. The third kappa shape index (κ3) is 5.44.